The van der Waals surface area contributed by atoms with Gasteiger partial charge in [0.1, 0.15) is 0 Å². The van der Waals surface area contributed by atoms with Gasteiger partial charge in [-0.25, -0.2) is 15.0 Å². The van der Waals surface area contributed by atoms with E-state index in [4.69, 9.17) is 0 Å². The lowest BCUT2D eigenvalue weighted by Gasteiger charge is -2.27. The molecule has 0 bridgehead atoms. The predicted molar refractivity (Wildman–Crippen MR) is 68.1 cm³/mol. The second kappa shape index (κ2) is 5.10. The van der Waals surface area contributed by atoms with E-state index in [1.54, 1.807) is 6.33 Å². The van der Waals surface area contributed by atoms with Crippen molar-refractivity contribution < 1.29 is 13.2 Å². The summed E-state index contributed by atoms with van der Waals surface area (Å²) in [6.45, 7) is 1.88. The third-order valence-corrected chi connectivity index (χ3v) is 3.41. The summed E-state index contributed by atoms with van der Waals surface area (Å²) in [5.74, 6) is -1.06. The van der Waals surface area contributed by atoms with Gasteiger partial charge in [0.05, 0.1) is 17.7 Å². The van der Waals surface area contributed by atoms with E-state index in [9.17, 15) is 13.2 Å². The lowest BCUT2D eigenvalue weighted by molar-refractivity contribution is -0.145. The van der Waals surface area contributed by atoms with Gasteiger partial charge in [0.2, 0.25) is 5.82 Å². The largest absolute Gasteiger partial charge is 0.451 e. The number of aromatic nitrogens is 4. The maximum atomic E-state index is 12.6. The molecular weight excluding hydrogens is 283 g/mol. The first kappa shape index (κ1) is 14.0. The van der Waals surface area contributed by atoms with E-state index in [0.717, 1.165) is 11.3 Å². The standard InChI is InChI=1S/C13H14F3N5/c1-20-6-10(18-8-20)7-21-3-2-11-9(5-21)4-17-12(19-11)13(14,15)16/h4,6,8H,2-3,5,7H2,1H3. The minimum absolute atomic E-state index is 0.494. The molecule has 0 amide bonds. The second-order valence-corrected chi connectivity index (χ2v) is 5.15. The van der Waals surface area contributed by atoms with Crippen LogP contribution in [-0.4, -0.2) is 31.0 Å². The fourth-order valence-electron chi connectivity index (χ4n) is 2.42. The van der Waals surface area contributed by atoms with Gasteiger partial charge in [0.25, 0.3) is 0 Å². The summed E-state index contributed by atoms with van der Waals surface area (Å²) in [5.41, 5.74) is 2.19. The summed E-state index contributed by atoms with van der Waals surface area (Å²) < 4.78 is 39.6. The van der Waals surface area contributed by atoms with E-state index >= 15 is 0 Å². The van der Waals surface area contributed by atoms with Gasteiger partial charge in [-0.05, 0) is 0 Å². The average molecular weight is 297 g/mol. The molecule has 3 rings (SSSR count). The Labute approximate surface area is 119 Å². The predicted octanol–water partition coefficient (Wildman–Crippen LogP) is 1.79. The second-order valence-electron chi connectivity index (χ2n) is 5.15. The fraction of sp³-hybridized carbons (Fsp3) is 0.462. The monoisotopic (exact) mass is 297 g/mol. The van der Waals surface area contributed by atoms with Gasteiger partial charge in [0, 0.05) is 51.1 Å². The molecule has 2 aromatic heterocycles. The number of rotatable bonds is 2. The lowest BCUT2D eigenvalue weighted by Crippen LogP contribution is -2.31. The highest BCUT2D eigenvalue weighted by molar-refractivity contribution is 5.21. The van der Waals surface area contributed by atoms with Crippen molar-refractivity contribution in [2.24, 2.45) is 7.05 Å². The molecule has 0 aromatic carbocycles. The van der Waals surface area contributed by atoms with E-state index in [2.05, 4.69) is 19.9 Å². The number of hydrogen-bond acceptors (Lipinski definition) is 4. The number of fused-ring (bicyclic) bond motifs is 1. The molecule has 1 aliphatic heterocycles. The third kappa shape index (κ3) is 3.05. The van der Waals surface area contributed by atoms with Gasteiger partial charge in [-0.15, -0.1) is 0 Å². The normalized spacial score (nSPS) is 16.0. The van der Waals surface area contributed by atoms with Crippen LogP contribution in [-0.2, 0) is 32.7 Å². The van der Waals surface area contributed by atoms with E-state index in [-0.39, 0.29) is 0 Å². The number of imidazole rings is 1. The topological polar surface area (TPSA) is 46.8 Å². The number of nitrogens with zero attached hydrogens (tertiary/aromatic N) is 5. The molecule has 0 N–H and O–H groups in total. The van der Waals surface area contributed by atoms with E-state index < -0.39 is 12.0 Å². The van der Waals surface area contributed by atoms with Gasteiger partial charge in [-0.3, -0.25) is 4.90 Å². The summed E-state index contributed by atoms with van der Waals surface area (Å²) in [5, 5.41) is 0. The zero-order valence-corrected chi connectivity index (χ0v) is 11.4. The molecule has 0 saturated heterocycles. The Morgan fingerprint density at radius 3 is 2.76 bits per heavy atom. The Kier molecular flexibility index (Phi) is 3.40. The summed E-state index contributed by atoms with van der Waals surface area (Å²) in [6.07, 6.45) is 0.953. The molecule has 112 valence electrons. The Balaban J connectivity index is 1.74. The van der Waals surface area contributed by atoms with E-state index in [1.807, 2.05) is 17.8 Å². The number of aryl methyl sites for hydroxylation is 1. The maximum absolute atomic E-state index is 12.6. The van der Waals surface area contributed by atoms with Gasteiger partial charge < -0.3 is 4.57 Å². The van der Waals surface area contributed by atoms with Crippen molar-refractivity contribution in [3.63, 3.8) is 0 Å². The van der Waals surface area contributed by atoms with Crippen LogP contribution in [0.15, 0.2) is 18.7 Å². The molecule has 5 nitrogen and oxygen atoms in total. The van der Waals surface area contributed by atoms with Gasteiger partial charge in [0.15, 0.2) is 0 Å². The summed E-state index contributed by atoms with van der Waals surface area (Å²) >= 11 is 0. The van der Waals surface area contributed by atoms with Crippen LogP contribution in [0.4, 0.5) is 13.2 Å². The van der Waals surface area contributed by atoms with Crippen molar-refractivity contribution in [2.45, 2.75) is 25.7 Å². The molecule has 3 heterocycles. The molecule has 2 aromatic rings. The minimum Gasteiger partial charge on any atom is -0.340 e. The highest BCUT2D eigenvalue weighted by Crippen LogP contribution is 2.27. The molecule has 0 radical (unpaired) electrons. The first-order valence-corrected chi connectivity index (χ1v) is 6.53. The summed E-state index contributed by atoms with van der Waals surface area (Å²) in [7, 11) is 1.90. The van der Waals surface area contributed by atoms with Crippen molar-refractivity contribution in [1.29, 1.82) is 0 Å². The van der Waals surface area contributed by atoms with Gasteiger partial charge >= 0.3 is 6.18 Å². The van der Waals surface area contributed by atoms with E-state index in [0.29, 0.717) is 31.7 Å². The highest BCUT2D eigenvalue weighted by Gasteiger charge is 2.35. The molecule has 0 atom stereocenters. The van der Waals surface area contributed by atoms with Crippen molar-refractivity contribution in [2.75, 3.05) is 6.54 Å². The minimum atomic E-state index is -4.49. The van der Waals surface area contributed by atoms with Gasteiger partial charge in [-0.1, -0.05) is 0 Å². The molecule has 0 spiro atoms. The SMILES string of the molecule is Cn1cnc(CN2CCc3nc(C(F)(F)F)ncc3C2)c1. The molecule has 0 aliphatic carbocycles. The van der Waals surface area contributed by atoms with Gasteiger partial charge in [-0.2, -0.15) is 13.2 Å². The van der Waals surface area contributed by atoms with Crippen LogP contribution < -0.4 is 0 Å². The van der Waals surface area contributed by atoms with Crippen LogP contribution >= 0.6 is 0 Å². The zero-order chi connectivity index (χ0) is 15.0. The van der Waals surface area contributed by atoms with Crippen LogP contribution in [0.5, 0.6) is 0 Å². The lowest BCUT2D eigenvalue weighted by atomic mass is 10.1. The molecule has 21 heavy (non-hydrogen) atoms. The van der Waals surface area contributed by atoms with Crippen LogP contribution in [0, 0.1) is 0 Å². The van der Waals surface area contributed by atoms with E-state index in [1.165, 1.54) is 6.20 Å². The average Bonchev–Trinajstić information content (AvgIpc) is 2.82. The first-order valence-electron chi connectivity index (χ1n) is 6.53. The van der Waals surface area contributed by atoms with Crippen LogP contribution in [0.1, 0.15) is 22.8 Å². The van der Waals surface area contributed by atoms with Crippen LogP contribution in [0.2, 0.25) is 0 Å². The van der Waals surface area contributed by atoms with Crippen molar-refractivity contribution in [1.82, 2.24) is 24.4 Å². The van der Waals surface area contributed by atoms with Crippen molar-refractivity contribution >= 4 is 0 Å². The highest BCUT2D eigenvalue weighted by atomic mass is 19.4. The van der Waals surface area contributed by atoms with Crippen LogP contribution in [0.25, 0.3) is 0 Å². The number of halogens is 3. The number of hydrogen-bond donors (Lipinski definition) is 0. The quantitative estimate of drug-likeness (QED) is 0.848. The summed E-state index contributed by atoms with van der Waals surface area (Å²) in [4.78, 5) is 13.5. The third-order valence-electron chi connectivity index (χ3n) is 3.41. The molecule has 0 unspecified atom stereocenters. The molecule has 1 aliphatic rings. The maximum Gasteiger partial charge on any atom is 0.451 e. The van der Waals surface area contributed by atoms with Crippen molar-refractivity contribution in [3.05, 3.63) is 41.5 Å². The Morgan fingerprint density at radius 1 is 1.29 bits per heavy atom. The first-order chi connectivity index (χ1) is 9.91. The zero-order valence-electron chi connectivity index (χ0n) is 11.4. The molecule has 0 fully saturated rings. The molecular formula is C13H14F3N5. The fourth-order valence-corrected chi connectivity index (χ4v) is 2.42. The Bertz CT molecular complexity index is 649. The Hall–Kier alpha value is -1.96. The smallest absolute Gasteiger partial charge is 0.340 e. The number of alkyl halides is 3. The molecule has 0 saturated carbocycles. The van der Waals surface area contributed by atoms with Crippen molar-refractivity contribution in [3.8, 4) is 0 Å². The summed E-state index contributed by atoms with van der Waals surface area (Å²) in [6, 6.07) is 0. The Morgan fingerprint density at radius 2 is 2.10 bits per heavy atom. The van der Waals surface area contributed by atoms with Crippen LogP contribution in [0.3, 0.4) is 0 Å². The molecule has 8 heteroatoms.